The van der Waals surface area contributed by atoms with E-state index < -0.39 is 18.1 Å². The molecule has 0 aliphatic heterocycles. The summed E-state index contributed by atoms with van der Waals surface area (Å²) in [7, 11) is 1.29. The number of hydrogen-bond donors (Lipinski definition) is 2. The summed E-state index contributed by atoms with van der Waals surface area (Å²) < 4.78 is 9.81. The standard InChI is InChI=1S/C21H30N2O5/c1-16(2)14-18(20(25)27-3)23-19(24)12-8-5-9-13-22-21(26)28-15-17-10-6-4-7-11-17/h4,6-7,10-11,18H,1,5,8-9,12-15H2,2-3H3,(H,22,26)(H,23,24)/t18-/m0/s1. The number of ether oxygens (including phenoxy) is 2. The van der Waals surface area contributed by atoms with Crippen LogP contribution in [0.25, 0.3) is 0 Å². The van der Waals surface area contributed by atoms with Crippen molar-refractivity contribution in [1.29, 1.82) is 0 Å². The zero-order valence-electron chi connectivity index (χ0n) is 16.7. The molecule has 2 amide bonds. The molecule has 0 radical (unpaired) electrons. The van der Waals surface area contributed by atoms with E-state index in [1.54, 1.807) is 6.92 Å². The lowest BCUT2D eigenvalue weighted by Gasteiger charge is -2.16. The predicted octanol–water partition coefficient (Wildman–Crippen LogP) is 3.10. The quantitative estimate of drug-likeness (QED) is 0.325. The molecule has 1 aromatic rings. The van der Waals surface area contributed by atoms with Crippen molar-refractivity contribution in [2.24, 2.45) is 0 Å². The molecule has 0 spiro atoms. The van der Waals surface area contributed by atoms with Gasteiger partial charge in [0.25, 0.3) is 0 Å². The van der Waals surface area contributed by atoms with Gasteiger partial charge in [0.05, 0.1) is 7.11 Å². The molecule has 0 fully saturated rings. The van der Waals surface area contributed by atoms with Crippen LogP contribution in [0.4, 0.5) is 4.79 Å². The summed E-state index contributed by atoms with van der Waals surface area (Å²) in [5.41, 5.74) is 1.72. The van der Waals surface area contributed by atoms with Crippen LogP contribution < -0.4 is 10.6 Å². The van der Waals surface area contributed by atoms with Crippen LogP contribution in [0, 0.1) is 0 Å². The largest absolute Gasteiger partial charge is 0.467 e. The van der Waals surface area contributed by atoms with Crippen molar-refractivity contribution in [3.05, 3.63) is 48.0 Å². The molecule has 1 rings (SSSR count). The summed E-state index contributed by atoms with van der Waals surface area (Å²) >= 11 is 0. The zero-order chi connectivity index (χ0) is 20.8. The smallest absolute Gasteiger partial charge is 0.407 e. The number of rotatable bonds is 12. The Hall–Kier alpha value is -2.83. The number of amides is 2. The van der Waals surface area contributed by atoms with Crippen LogP contribution in [0.2, 0.25) is 0 Å². The van der Waals surface area contributed by atoms with E-state index in [4.69, 9.17) is 9.47 Å². The first-order valence-corrected chi connectivity index (χ1v) is 9.38. The molecule has 0 bridgehead atoms. The highest BCUT2D eigenvalue weighted by Gasteiger charge is 2.21. The van der Waals surface area contributed by atoms with Gasteiger partial charge in [-0.3, -0.25) is 4.79 Å². The number of esters is 1. The van der Waals surface area contributed by atoms with Crippen LogP contribution in [0.5, 0.6) is 0 Å². The van der Waals surface area contributed by atoms with Crippen molar-refractivity contribution in [1.82, 2.24) is 10.6 Å². The Kier molecular flexibility index (Phi) is 11.1. The molecule has 1 aromatic carbocycles. The summed E-state index contributed by atoms with van der Waals surface area (Å²) in [6, 6.07) is 8.76. The topological polar surface area (TPSA) is 93.7 Å². The van der Waals surface area contributed by atoms with Crippen molar-refractivity contribution < 1.29 is 23.9 Å². The number of methoxy groups -OCH3 is 1. The van der Waals surface area contributed by atoms with Crippen molar-refractivity contribution in [2.75, 3.05) is 13.7 Å². The number of unbranched alkanes of at least 4 members (excludes halogenated alkanes) is 2. The van der Waals surface area contributed by atoms with Crippen LogP contribution in [-0.2, 0) is 25.7 Å². The van der Waals surface area contributed by atoms with Crippen molar-refractivity contribution in [3.63, 3.8) is 0 Å². The van der Waals surface area contributed by atoms with Gasteiger partial charge in [-0.2, -0.15) is 0 Å². The van der Waals surface area contributed by atoms with E-state index >= 15 is 0 Å². The summed E-state index contributed by atoms with van der Waals surface area (Å²) in [5, 5.41) is 5.36. The van der Waals surface area contributed by atoms with Crippen LogP contribution in [0.1, 0.15) is 44.6 Å². The van der Waals surface area contributed by atoms with Crippen LogP contribution >= 0.6 is 0 Å². The molecule has 1 atom stereocenters. The average Bonchev–Trinajstić information content (AvgIpc) is 2.68. The lowest BCUT2D eigenvalue weighted by Crippen LogP contribution is -2.41. The maximum Gasteiger partial charge on any atom is 0.407 e. The van der Waals surface area contributed by atoms with E-state index in [0.29, 0.717) is 25.8 Å². The van der Waals surface area contributed by atoms with Gasteiger partial charge in [0.1, 0.15) is 12.6 Å². The van der Waals surface area contributed by atoms with Gasteiger partial charge in [0, 0.05) is 13.0 Å². The number of hydrogen-bond acceptors (Lipinski definition) is 5. The first-order chi connectivity index (χ1) is 13.4. The minimum atomic E-state index is -0.698. The Morgan fingerprint density at radius 3 is 2.46 bits per heavy atom. The SMILES string of the molecule is C=C(C)C[C@H](NC(=O)CCCCCNC(=O)OCc1ccccc1)C(=O)OC. The van der Waals surface area contributed by atoms with Gasteiger partial charge in [-0.15, -0.1) is 6.58 Å². The molecular formula is C21H30N2O5. The van der Waals surface area contributed by atoms with Crippen molar-refractivity contribution in [3.8, 4) is 0 Å². The molecule has 0 aromatic heterocycles. The zero-order valence-corrected chi connectivity index (χ0v) is 16.7. The summed E-state index contributed by atoms with van der Waals surface area (Å²) in [6.45, 7) is 6.26. The Morgan fingerprint density at radius 1 is 1.11 bits per heavy atom. The number of alkyl carbamates (subject to hydrolysis) is 1. The van der Waals surface area contributed by atoms with Crippen LogP contribution in [0.3, 0.4) is 0 Å². The molecule has 0 saturated heterocycles. The second kappa shape index (κ2) is 13.4. The minimum absolute atomic E-state index is 0.202. The number of carbonyl (C=O) groups excluding carboxylic acids is 3. The lowest BCUT2D eigenvalue weighted by molar-refractivity contribution is -0.145. The normalized spacial score (nSPS) is 11.2. The fourth-order valence-corrected chi connectivity index (χ4v) is 2.50. The van der Waals surface area contributed by atoms with E-state index in [1.165, 1.54) is 7.11 Å². The first-order valence-electron chi connectivity index (χ1n) is 9.38. The monoisotopic (exact) mass is 390 g/mol. The van der Waals surface area contributed by atoms with Gasteiger partial charge in [0.2, 0.25) is 5.91 Å². The third-order valence-electron chi connectivity index (χ3n) is 3.94. The lowest BCUT2D eigenvalue weighted by atomic mass is 10.1. The number of nitrogens with one attached hydrogen (secondary N) is 2. The van der Waals surface area contributed by atoms with Crippen molar-refractivity contribution in [2.45, 2.75) is 51.7 Å². The summed E-state index contributed by atoms with van der Waals surface area (Å²) in [6.07, 6.45) is 2.38. The van der Waals surface area contributed by atoms with E-state index in [0.717, 1.165) is 24.0 Å². The summed E-state index contributed by atoms with van der Waals surface area (Å²) in [4.78, 5) is 35.3. The average molecular weight is 390 g/mol. The highest BCUT2D eigenvalue weighted by atomic mass is 16.5. The van der Waals surface area contributed by atoms with Gasteiger partial charge in [-0.25, -0.2) is 9.59 Å². The molecule has 0 saturated carbocycles. The second-order valence-corrected chi connectivity index (χ2v) is 6.60. The third-order valence-corrected chi connectivity index (χ3v) is 3.94. The molecule has 0 aliphatic carbocycles. The molecule has 28 heavy (non-hydrogen) atoms. The van der Waals surface area contributed by atoms with Gasteiger partial charge in [-0.1, -0.05) is 42.3 Å². The first kappa shape index (κ1) is 23.2. The Bertz CT molecular complexity index is 645. The fraction of sp³-hybridized carbons (Fsp3) is 0.476. The Labute approximate surface area is 166 Å². The third kappa shape index (κ3) is 10.4. The second-order valence-electron chi connectivity index (χ2n) is 6.60. The fourth-order valence-electron chi connectivity index (χ4n) is 2.50. The van der Waals surface area contributed by atoms with Gasteiger partial charge in [-0.05, 0) is 31.7 Å². The van der Waals surface area contributed by atoms with E-state index in [2.05, 4.69) is 17.2 Å². The van der Waals surface area contributed by atoms with Gasteiger partial charge >= 0.3 is 12.1 Å². The molecule has 2 N–H and O–H groups in total. The van der Waals surface area contributed by atoms with E-state index in [-0.39, 0.29) is 12.5 Å². The van der Waals surface area contributed by atoms with E-state index in [1.807, 2.05) is 30.3 Å². The maximum absolute atomic E-state index is 12.0. The van der Waals surface area contributed by atoms with Crippen LogP contribution in [0.15, 0.2) is 42.5 Å². The Balaban J connectivity index is 2.12. The minimum Gasteiger partial charge on any atom is -0.467 e. The highest BCUT2D eigenvalue weighted by molar-refractivity contribution is 5.84. The molecule has 154 valence electrons. The van der Waals surface area contributed by atoms with Gasteiger partial charge < -0.3 is 20.1 Å². The summed E-state index contributed by atoms with van der Waals surface area (Å²) in [5.74, 6) is -0.679. The molecule has 0 aliphatic rings. The highest BCUT2D eigenvalue weighted by Crippen LogP contribution is 2.06. The maximum atomic E-state index is 12.0. The molecule has 7 heteroatoms. The predicted molar refractivity (Wildman–Crippen MR) is 106 cm³/mol. The van der Waals surface area contributed by atoms with Gasteiger partial charge in [0.15, 0.2) is 0 Å². The molecule has 0 unspecified atom stereocenters. The number of benzene rings is 1. The molecule has 7 nitrogen and oxygen atoms in total. The Morgan fingerprint density at radius 2 is 1.82 bits per heavy atom. The van der Waals surface area contributed by atoms with Crippen molar-refractivity contribution >= 4 is 18.0 Å². The molecular weight excluding hydrogens is 360 g/mol. The number of carbonyl (C=O) groups is 3. The van der Waals surface area contributed by atoms with Crippen LogP contribution in [-0.4, -0.2) is 37.7 Å². The van der Waals surface area contributed by atoms with E-state index in [9.17, 15) is 14.4 Å². The molecule has 0 heterocycles.